The summed E-state index contributed by atoms with van der Waals surface area (Å²) in [6.45, 7) is 11.8. The van der Waals surface area contributed by atoms with Crippen molar-refractivity contribution in [1.82, 2.24) is 10.6 Å². The molecule has 0 aliphatic heterocycles. The summed E-state index contributed by atoms with van der Waals surface area (Å²) in [4.78, 5) is 17.0. The minimum atomic E-state index is -0.177. The number of ether oxygens (including phenoxy) is 1. The van der Waals surface area contributed by atoms with Crippen LogP contribution in [0, 0.1) is 0 Å². The number of methoxy groups -OCH3 is 1. The average molecular weight is 371 g/mol. The van der Waals surface area contributed by atoms with Crippen molar-refractivity contribution in [2.45, 2.75) is 52.6 Å². The van der Waals surface area contributed by atoms with Crippen LogP contribution in [0.4, 0.5) is 0 Å². The summed E-state index contributed by atoms with van der Waals surface area (Å²) in [5.41, 5.74) is 3.15. The minimum absolute atomic E-state index is 0.0452. The van der Waals surface area contributed by atoms with Gasteiger partial charge in [0.25, 0.3) is 5.91 Å². The van der Waals surface area contributed by atoms with Crippen LogP contribution in [0.15, 0.2) is 45.7 Å². The highest BCUT2D eigenvalue weighted by atomic mass is 16.5. The summed E-state index contributed by atoms with van der Waals surface area (Å²) in [7, 11) is 1.49. The first-order valence-corrected chi connectivity index (χ1v) is 8.98. The zero-order chi connectivity index (χ0) is 20.2. The number of aromatic hydroxyl groups is 1. The highest BCUT2D eigenvalue weighted by Crippen LogP contribution is 2.36. The van der Waals surface area contributed by atoms with Gasteiger partial charge in [-0.1, -0.05) is 11.6 Å². The molecule has 1 aliphatic rings. The lowest BCUT2D eigenvalue weighted by atomic mass is 10.0. The predicted molar refractivity (Wildman–Crippen MR) is 108 cm³/mol. The second-order valence-corrected chi connectivity index (χ2v) is 7.38. The number of carbonyl (C=O) groups excluding carboxylic acids is 1. The normalized spacial score (nSPS) is 15.3. The second kappa shape index (κ2) is 8.29. The van der Waals surface area contributed by atoms with Gasteiger partial charge < -0.3 is 20.5 Å². The molecule has 0 spiro atoms. The van der Waals surface area contributed by atoms with Crippen molar-refractivity contribution in [2.24, 2.45) is 4.99 Å². The number of allylic oxidation sites excluding steroid dienone is 1. The molecule has 0 heterocycles. The third-order valence-corrected chi connectivity index (χ3v) is 4.73. The molecule has 2 rings (SSSR count). The molecule has 1 fully saturated rings. The van der Waals surface area contributed by atoms with Crippen molar-refractivity contribution >= 4 is 12.6 Å². The van der Waals surface area contributed by atoms with Gasteiger partial charge in [0, 0.05) is 23.2 Å². The Balaban J connectivity index is 2.17. The number of rotatable bonds is 8. The molecular formula is C21H29N3O3. The van der Waals surface area contributed by atoms with Gasteiger partial charge in [-0.3, -0.25) is 4.79 Å². The SMILES string of the molecule is C=N/C(NC1(C)CC1)=C(\C)C(C(=O)NCc1ccc(O)c(OC)c1)=C(C)C. The van der Waals surface area contributed by atoms with Gasteiger partial charge >= 0.3 is 0 Å². The first-order valence-electron chi connectivity index (χ1n) is 8.98. The number of carbonyl (C=O) groups is 1. The molecule has 146 valence electrons. The van der Waals surface area contributed by atoms with E-state index in [1.165, 1.54) is 7.11 Å². The maximum Gasteiger partial charge on any atom is 0.251 e. The van der Waals surface area contributed by atoms with E-state index in [9.17, 15) is 9.90 Å². The van der Waals surface area contributed by atoms with E-state index < -0.39 is 0 Å². The van der Waals surface area contributed by atoms with E-state index in [4.69, 9.17) is 4.74 Å². The standard InChI is InChI=1S/C21H29N3O3/c1-13(2)18(14(3)19(22-5)24-21(4)9-10-21)20(26)23-12-15-7-8-16(25)17(11-15)27-6/h7-8,11,24-25H,5,9-10,12H2,1-4,6H3,(H,23,26)/b19-14-. The fourth-order valence-electron chi connectivity index (χ4n) is 2.84. The Morgan fingerprint density at radius 1 is 1.33 bits per heavy atom. The quantitative estimate of drug-likeness (QED) is 0.371. The van der Waals surface area contributed by atoms with E-state index >= 15 is 0 Å². The number of nitrogens with one attached hydrogen (secondary N) is 2. The molecule has 1 saturated carbocycles. The molecule has 3 N–H and O–H groups in total. The van der Waals surface area contributed by atoms with Crippen molar-refractivity contribution in [2.75, 3.05) is 7.11 Å². The maximum absolute atomic E-state index is 12.8. The van der Waals surface area contributed by atoms with E-state index in [1.807, 2.05) is 20.8 Å². The predicted octanol–water partition coefficient (Wildman–Crippen LogP) is 3.43. The largest absolute Gasteiger partial charge is 0.504 e. The number of amides is 1. The van der Waals surface area contributed by atoms with Crippen LogP contribution in [-0.2, 0) is 11.3 Å². The van der Waals surface area contributed by atoms with Crippen LogP contribution in [0.2, 0.25) is 0 Å². The first-order chi connectivity index (χ1) is 12.7. The molecule has 0 bridgehead atoms. The minimum Gasteiger partial charge on any atom is -0.504 e. The molecule has 0 saturated heterocycles. The smallest absolute Gasteiger partial charge is 0.251 e. The molecule has 1 aliphatic carbocycles. The maximum atomic E-state index is 12.8. The summed E-state index contributed by atoms with van der Waals surface area (Å²) < 4.78 is 5.11. The summed E-state index contributed by atoms with van der Waals surface area (Å²) in [6.07, 6.45) is 2.16. The Kier molecular flexibility index (Phi) is 6.31. The highest BCUT2D eigenvalue weighted by molar-refractivity contribution is 5.98. The molecule has 6 nitrogen and oxygen atoms in total. The highest BCUT2D eigenvalue weighted by Gasteiger charge is 2.38. The van der Waals surface area contributed by atoms with Crippen molar-refractivity contribution in [1.29, 1.82) is 0 Å². The first kappa shape index (κ1) is 20.6. The fraction of sp³-hybridized carbons (Fsp3) is 0.429. The fourth-order valence-corrected chi connectivity index (χ4v) is 2.84. The molecule has 1 amide bonds. The topological polar surface area (TPSA) is 83.0 Å². The molecule has 0 unspecified atom stereocenters. The van der Waals surface area contributed by atoms with E-state index in [0.717, 1.165) is 29.6 Å². The lowest BCUT2D eigenvalue weighted by Crippen LogP contribution is -2.30. The summed E-state index contributed by atoms with van der Waals surface area (Å²) in [5.74, 6) is 0.911. The number of phenols is 1. The van der Waals surface area contributed by atoms with Crippen molar-refractivity contribution in [3.63, 3.8) is 0 Å². The van der Waals surface area contributed by atoms with Crippen LogP contribution in [0.5, 0.6) is 11.5 Å². The van der Waals surface area contributed by atoms with E-state index in [2.05, 4.69) is 29.3 Å². The van der Waals surface area contributed by atoms with Crippen LogP contribution in [0.25, 0.3) is 0 Å². The summed E-state index contributed by atoms with van der Waals surface area (Å²) in [5, 5.41) is 16.0. The van der Waals surface area contributed by atoms with E-state index in [0.29, 0.717) is 23.7 Å². The molecule has 0 atom stereocenters. The average Bonchev–Trinajstić information content (AvgIpc) is 3.36. The van der Waals surface area contributed by atoms with Crippen molar-refractivity contribution in [3.05, 3.63) is 46.3 Å². The van der Waals surface area contributed by atoms with Crippen molar-refractivity contribution < 1.29 is 14.6 Å². The monoisotopic (exact) mass is 371 g/mol. The molecule has 1 aromatic rings. The number of benzene rings is 1. The Morgan fingerprint density at radius 3 is 2.52 bits per heavy atom. The van der Waals surface area contributed by atoms with Crippen LogP contribution in [-0.4, -0.2) is 30.4 Å². The van der Waals surface area contributed by atoms with E-state index in [-0.39, 0.29) is 17.2 Å². The van der Waals surface area contributed by atoms with Crippen LogP contribution in [0.1, 0.15) is 46.1 Å². The Hall–Kier alpha value is -2.76. The number of nitrogens with zero attached hydrogens (tertiary/aromatic N) is 1. The number of phenolic OH excluding ortho intramolecular Hbond substituents is 1. The Morgan fingerprint density at radius 2 is 2.00 bits per heavy atom. The van der Waals surface area contributed by atoms with Crippen LogP contribution >= 0.6 is 0 Å². The molecule has 27 heavy (non-hydrogen) atoms. The molecule has 0 aromatic heterocycles. The lowest BCUT2D eigenvalue weighted by molar-refractivity contribution is -0.117. The third kappa shape index (κ3) is 5.12. The van der Waals surface area contributed by atoms with Gasteiger partial charge in [0.15, 0.2) is 11.5 Å². The number of hydrogen-bond donors (Lipinski definition) is 3. The number of aliphatic imine (C=N–C) groups is 1. The van der Waals surface area contributed by atoms with Gasteiger partial charge in [-0.05, 0) is 65.0 Å². The van der Waals surface area contributed by atoms with Crippen LogP contribution < -0.4 is 15.4 Å². The van der Waals surface area contributed by atoms with Crippen LogP contribution in [0.3, 0.4) is 0 Å². The van der Waals surface area contributed by atoms with Gasteiger partial charge in [-0.2, -0.15) is 0 Å². The van der Waals surface area contributed by atoms with Gasteiger partial charge in [-0.15, -0.1) is 0 Å². The zero-order valence-electron chi connectivity index (χ0n) is 16.8. The third-order valence-electron chi connectivity index (χ3n) is 4.73. The van der Waals surface area contributed by atoms with Gasteiger partial charge in [-0.25, -0.2) is 4.99 Å². The van der Waals surface area contributed by atoms with Gasteiger partial charge in [0.1, 0.15) is 5.82 Å². The van der Waals surface area contributed by atoms with E-state index in [1.54, 1.807) is 18.2 Å². The van der Waals surface area contributed by atoms with Gasteiger partial charge in [0.05, 0.1) is 7.11 Å². The molecular weight excluding hydrogens is 342 g/mol. The Bertz CT molecular complexity index is 801. The zero-order valence-corrected chi connectivity index (χ0v) is 16.8. The van der Waals surface area contributed by atoms with Crippen molar-refractivity contribution in [3.8, 4) is 11.5 Å². The second-order valence-electron chi connectivity index (χ2n) is 7.38. The van der Waals surface area contributed by atoms with Gasteiger partial charge in [0.2, 0.25) is 0 Å². The number of hydrogen-bond acceptors (Lipinski definition) is 5. The Labute approximate surface area is 161 Å². The molecule has 0 radical (unpaired) electrons. The molecule has 1 aromatic carbocycles. The lowest BCUT2D eigenvalue weighted by Gasteiger charge is -2.18. The molecule has 6 heteroatoms. The summed E-state index contributed by atoms with van der Waals surface area (Å²) >= 11 is 0. The summed E-state index contributed by atoms with van der Waals surface area (Å²) in [6, 6.07) is 5.00.